The Morgan fingerprint density at radius 1 is 1.25 bits per heavy atom. The van der Waals surface area contributed by atoms with E-state index in [9.17, 15) is 5.11 Å². The third kappa shape index (κ3) is 2.96. The average molecular weight is 192 g/mol. The molecule has 0 atom stereocenters. The molecule has 0 saturated heterocycles. The molecule has 0 aliphatic carbocycles. The molecule has 0 spiro atoms. The molecule has 1 rings (SSSR count). The molecule has 0 amide bonds. The summed E-state index contributed by atoms with van der Waals surface area (Å²) in [5.74, 6) is 0.887. The van der Waals surface area contributed by atoms with Gasteiger partial charge in [0.05, 0.1) is 0 Å². The van der Waals surface area contributed by atoms with Gasteiger partial charge in [0.2, 0.25) is 0 Å². The summed E-state index contributed by atoms with van der Waals surface area (Å²) in [6.07, 6.45) is 0. The van der Waals surface area contributed by atoms with E-state index < -0.39 is 0 Å². The number of phenols is 1. The molecule has 1 N–H and O–H groups in total. The molecule has 0 aliphatic rings. The second-order valence-corrected chi connectivity index (χ2v) is 3.20. The number of aryl methyl sites for hydroxylation is 1. The van der Waals surface area contributed by atoms with Crippen molar-refractivity contribution in [3.63, 3.8) is 0 Å². The predicted octanol–water partition coefficient (Wildman–Crippen LogP) is 1.91. The van der Waals surface area contributed by atoms with Crippen LogP contribution in [0.25, 0.3) is 0 Å². The van der Waals surface area contributed by atoms with E-state index >= 15 is 0 Å². The van der Waals surface area contributed by atoms with Gasteiger partial charge in [0.25, 0.3) is 0 Å². The van der Waals surface area contributed by atoms with Crippen LogP contribution >= 0.6 is 0 Å². The number of phenolic OH excluding ortho intramolecular Hbond substituents is 1. The summed E-state index contributed by atoms with van der Waals surface area (Å²) in [6.45, 7) is 6.13. The number of hydrogen-bond donors (Lipinski definition) is 1. The molecule has 0 saturated carbocycles. The van der Waals surface area contributed by atoms with Crippen LogP contribution in [-0.4, -0.2) is 42.8 Å². The summed E-state index contributed by atoms with van der Waals surface area (Å²) in [7, 11) is 0. The molecular formula is C10H16CaO. The topological polar surface area (TPSA) is 20.2 Å². The average Bonchev–Trinajstić information content (AvgIpc) is 1.94. The third-order valence-electron chi connectivity index (χ3n) is 1.90. The van der Waals surface area contributed by atoms with E-state index in [1.54, 1.807) is 0 Å². The Balaban J connectivity index is 0.00000121. The van der Waals surface area contributed by atoms with Gasteiger partial charge in [-0.15, -0.1) is 0 Å². The van der Waals surface area contributed by atoms with Gasteiger partial charge in [0, 0.05) is 0 Å². The molecule has 0 bridgehead atoms. The van der Waals surface area contributed by atoms with Gasteiger partial charge in [0.1, 0.15) is 5.75 Å². The minimum atomic E-state index is 0. The predicted molar refractivity (Wildman–Crippen MR) is 55.5 cm³/mol. The van der Waals surface area contributed by atoms with Crippen LogP contribution in [0.1, 0.15) is 30.9 Å². The summed E-state index contributed by atoms with van der Waals surface area (Å²) >= 11 is 0. The van der Waals surface area contributed by atoms with Crippen LogP contribution in [0.5, 0.6) is 5.75 Å². The van der Waals surface area contributed by atoms with E-state index in [-0.39, 0.29) is 37.7 Å². The molecule has 1 nitrogen and oxygen atoms in total. The van der Waals surface area contributed by atoms with Crippen molar-refractivity contribution in [2.75, 3.05) is 0 Å². The maximum absolute atomic E-state index is 9.35. The molecule has 0 radical (unpaired) electrons. The van der Waals surface area contributed by atoms with Crippen molar-refractivity contribution in [2.45, 2.75) is 26.7 Å². The van der Waals surface area contributed by atoms with Crippen molar-refractivity contribution < 1.29 is 5.11 Å². The van der Waals surface area contributed by atoms with E-state index in [0.717, 1.165) is 5.56 Å². The van der Waals surface area contributed by atoms with Crippen molar-refractivity contribution >= 4 is 37.7 Å². The Bertz CT molecular complexity index is 256. The number of benzene rings is 1. The Morgan fingerprint density at radius 2 is 1.83 bits per heavy atom. The van der Waals surface area contributed by atoms with Gasteiger partial charge < -0.3 is 5.11 Å². The standard InChI is InChI=1S/C10H14O.Ca.2H/c1-7(2)9-5-4-8(3)10(11)6-9;;;/h4-7,11H,1-3H3;;;. The third-order valence-corrected chi connectivity index (χ3v) is 1.90. The van der Waals surface area contributed by atoms with Gasteiger partial charge in [-0.3, -0.25) is 0 Å². The van der Waals surface area contributed by atoms with Crippen molar-refractivity contribution in [1.82, 2.24) is 0 Å². The van der Waals surface area contributed by atoms with Crippen molar-refractivity contribution in [3.05, 3.63) is 29.3 Å². The molecular weight excluding hydrogens is 176 g/mol. The van der Waals surface area contributed by atoms with Crippen molar-refractivity contribution in [1.29, 1.82) is 0 Å². The van der Waals surface area contributed by atoms with E-state index in [4.69, 9.17) is 0 Å². The van der Waals surface area contributed by atoms with Gasteiger partial charge in [-0.25, -0.2) is 0 Å². The molecule has 1 aromatic carbocycles. The van der Waals surface area contributed by atoms with Crippen molar-refractivity contribution in [2.24, 2.45) is 0 Å². The van der Waals surface area contributed by atoms with Gasteiger partial charge in [0.15, 0.2) is 0 Å². The molecule has 12 heavy (non-hydrogen) atoms. The molecule has 1 aromatic rings. The first kappa shape index (κ1) is 12.3. The SMILES string of the molecule is Cc1ccc(C(C)C)cc1O.[CaH2]. The zero-order valence-electron chi connectivity index (χ0n) is 7.26. The number of aromatic hydroxyl groups is 1. The first-order valence-electron chi connectivity index (χ1n) is 3.91. The molecule has 0 aromatic heterocycles. The van der Waals surface area contributed by atoms with Gasteiger partial charge in [-0.1, -0.05) is 26.0 Å². The monoisotopic (exact) mass is 192 g/mol. The molecule has 0 unspecified atom stereocenters. The quantitative estimate of drug-likeness (QED) is 0.674. The van der Waals surface area contributed by atoms with E-state index in [1.807, 2.05) is 19.1 Å². The second-order valence-electron chi connectivity index (χ2n) is 3.20. The van der Waals surface area contributed by atoms with E-state index in [2.05, 4.69) is 19.9 Å². The Labute approximate surface area is 104 Å². The van der Waals surface area contributed by atoms with Crippen LogP contribution in [0.2, 0.25) is 0 Å². The summed E-state index contributed by atoms with van der Waals surface area (Å²) in [4.78, 5) is 0. The fourth-order valence-electron chi connectivity index (χ4n) is 0.986. The van der Waals surface area contributed by atoms with Crippen molar-refractivity contribution in [3.8, 4) is 5.75 Å². The van der Waals surface area contributed by atoms with Crippen LogP contribution in [0.3, 0.4) is 0 Å². The number of rotatable bonds is 1. The normalized spacial score (nSPS) is 9.67. The second kappa shape index (κ2) is 5.11. The van der Waals surface area contributed by atoms with Crippen LogP contribution in [-0.2, 0) is 0 Å². The van der Waals surface area contributed by atoms with E-state index in [1.165, 1.54) is 5.56 Å². The Hall–Kier alpha value is 0.280. The first-order chi connectivity index (χ1) is 5.11. The summed E-state index contributed by atoms with van der Waals surface area (Å²) in [6, 6.07) is 5.84. The summed E-state index contributed by atoms with van der Waals surface area (Å²) in [5.41, 5.74) is 2.13. The maximum atomic E-state index is 9.35. The van der Waals surface area contributed by atoms with Crippen LogP contribution in [0.15, 0.2) is 18.2 Å². The number of hydrogen-bond acceptors (Lipinski definition) is 1. The molecule has 0 fully saturated rings. The Morgan fingerprint density at radius 3 is 2.25 bits per heavy atom. The fraction of sp³-hybridized carbons (Fsp3) is 0.400. The molecule has 2 heteroatoms. The van der Waals surface area contributed by atoms with E-state index in [0.29, 0.717) is 11.7 Å². The Kier molecular flexibility index (Phi) is 5.22. The minimum absolute atomic E-state index is 0. The molecule has 0 heterocycles. The van der Waals surface area contributed by atoms with Crippen LogP contribution < -0.4 is 0 Å². The van der Waals surface area contributed by atoms with Gasteiger partial charge in [-0.2, -0.15) is 0 Å². The zero-order valence-corrected chi connectivity index (χ0v) is 7.26. The first-order valence-corrected chi connectivity index (χ1v) is 3.91. The molecule has 0 aliphatic heterocycles. The zero-order chi connectivity index (χ0) is 8.43. The molecule has 64 valence electrons. The van der Waals surface area contributed by atoms with Crippen LogP contribution in [0, 0.1) is 6.92 Å². The summed E-state index contributed by atoms with van der Waals surface area (Å²) in [5, 5.41) is 9.35. The van der Waals surface area contributed by atoms with Gasteiger partial charge >= 0.3 is 37.7 Å². The fourth-order valence-corrected chi connectivity index (χ4v) is 0.986. The summed E-state index contributed by atoms with van der Waals surface area (Å²) < 4.78 is 0. The van der Waals surface area contributed by atoms with Crippen LogP contribution in [0.4, 0.5) is 0 Å². The van der Waals surface area contributed by atoms with Gasteiger partial charge in [-0.05, 0) is 30.0 Å².